The van der Waals surface area contributed by atoms with Crippen LogP contribution in [-0.2, 0) is 4.74 Å². The average molecular weight is 281 g/mol. The van der Waals surface area contributed by atoms with Gasteiger partial charge in [0.25, 0.3) is 5.91 Å². The number of amides is 1. The van der Waals surface area contributed by atoms with E-state index in [4.69, 9.17) is 14.6 Å². The van der Waals surface area contributed by atoms with Crippen LogP contribution in [0.2, 0.25) is 0 Å². The average Bonchev–Trinajstić information content (AvgIpc) is 2.45. The molecule has 1 N–H and O–H groups in total. The van der Waals surface area contributed by atoms with Crippen LogP contribution in [0.3, 0.4) is 0 Å². The number of carboxylic acid groups (broad SMARTS) is 1. The summed E-state index contributed by atoms with van der Waals surface area (Å²) < 4.78 is 10.2. The number of aromatic carboxylic acids is 1. The minimum absolute atomic E-state index is 0.0194. The van der Waals surface area contributed by atoms with Gasteiger partial charge >= 0.3 is 5.97 Å². The maximum absolute atomic E-state index is 12.2. The lowest BCUT2D eigenvalue weighted by Crippen LogP contribution is -2.30. The third-order valence-corrected chi connectivity index (χ3v) is 2.76. The molecule has 110 valence electrons. The van der Waals surface area contributed by atoms with Crippen LogP contribution in [0.15, 0.2) is 18.2 Å². The third kappa shape index (κ3) is 4.24. The Morgan fingerprint density at radius 1 is 1.25 bits per heavy atom. The summed E-state index contributed by atoms with van der Waals surface area (Å²) >= 11 is 0. The summed E-state index contributed by atoms with van der Waals surface area (Å²) in [5.41, 5.74) is 0.298. The Hall–Kier alpha value is -2.08. The zero-order valence-corrected chi connectivity index (χ0v) is 11.9. The summed E-state index contributed by atoms with van der Waals surface area (Å²) in [7, 11) is 3.06. The molecule has 0 spiro atoms. The van der Waals surface area contributed by atoms with Crippen molar-refractivity contribution in [2.45, 2.75) is 6.92 Å². The highest BCUT2D eigenvalue weighted by molar-refractivity contribution is 5.98. The van der Waals surface area contributed by atoms with Crippen molar-refractivity contribution in [3.8, 4) is 5.75 Å². The topological polar surface area (TPSA) is 76.1 Å². The largest absolute Gasteiger partial charge is 0.497 e. The first-order valence-corrected chi connectivity index (χ1v) is 6.25. The lowest BCUT2D eigenvalue weighted by atomic mass is 10.1. The van der Waals surface area contributed by atoms with Crippen molar-refractivity contribution in [2.24, 2.45) is 0 Å². The molecule has 0 heterocycles. The maximum atomic E-state index is 12.2. The Morgan fingerprint density at radius 2 is 1.90 bits per heavy atom. The summed E-state index contributed by atoms with van der Waals surface area (Å²) in [5.74, 6) is -1.03. The first-order valence-electron chi connectivity index (χ1n) is 6.25. The lowest BCUT2D eigenvalue weighted by molar-refractivity contribution is 0.0696. The molecule has 0 saturated heterocycles. The lowest BCUT2D eigenvalue weighted by Gasteiger charge is -2.17. The van der Waals surface area contributed by atoms with Gasteiger partial charge in [-0.25, -0.2) is 4.79 Å². The molecule has 6 nitrogen and oxygen atoms in total. The molecule has 1 amide bonds. The maximum Gasteiger partial charge on any atom is 0.335 e. The van der Waals surface area contributed by atoms with Gasteiger partial charge in [0.2, 0.25) is 0 Å². The summed E-state index contributed by atoms with van der Waals surface area (Å²) in [6.07, 6.45) is 0. The standard InChI is InChI=1S/C14H19NO5/c1-4-20-6-5-15(2)13(16)10-7-11(14(17)18)9-12(8-10)19-3/h7-9H,4-6H2,1-3H3,(H,17,18). The summed E-state index contributed by atoms with van der Waals surface area (Å²) in [6, 6.07) is 4.23. The van der Waals surface area contributed by atoms with E-state index in [0.29, 0.717) is 25.5 Å². The molecule has 0 aliphatic rings. The van der Waals surface area contributed by atoms with E-state index in [1.54, 1.807) is 7.05 Å². The number of methoxy groups -OCH3 is 1. The van der Waals surface area contributed by atoms with Crippen molar-refractivity contribution in [3.63, 3.8) is 0 Å². The number of benzene rings is 1. The monoisotopic (exact) mass is 281 g/mol. The first-order chi connectivity index (χ1) is 9.49. The second-order valence-electron chi connectivity index (χ2n) is 4.18. The van der Waals surface area contributed by atoms with Crippen molar-refractivity contribution in [3.05, 3.63) is 29.3 Å². The van der Waals surface area contributed by atoms with Gasteiger partial charge in [0, 0.05) is 25.8 Å². The molecular weight excluding hydrogens is 262 g/mol. The Balaban J connectivity index is 2.91. The van der Waals surface area contributed by atoms with E-state index >= 15 is 0 Å². The number of nitrogens with zero attached hydrogens (tertiary/aromatic N) is 1. The smallest absolute Gasteiger partial charge is 0.335 e. The van der Waals surface area contributed by atoms with E-state index in [-0.39, 0.29) is 17.0 Å². The minimum Gasteiger partial charge on any atom is -0.497 e. The zero-order valence-electron chi connectivity index (χ0n) is 11.9. The van der Waals surface area contributed by atoms with Crippen LogP contribution >= 0.6 is 0 Å². The highest BCUT2D eigenvalue weighted by atomic mass is 16.5. The SMILES string of the molecule is CCOCCN(C)C(=O)c1cc(OC)cc(C(=O)O)c1. The van der Waals surface area contributed by atoms with Crippen LogP contribution in [0.4, 0.5) is 0 Å². The molecule has 1 aromatic rings. The molecule has 0 bridgehead atoms. The van der Waals surface area contributed by atoms with Gasteiger partial charge in [0.05, 0.1) is 19.3 Å². The van der Waals surface area contributed by atoms with Crippen LogP contribution < -0.4 is 4.74 Å². The Morgan fingerprint density at radius 3 is 2.45 bits per heavy atom. The number of carbonyl (C=O) groups excluding carboxylic acids is 1. The van der Waals surface area contributed by atoms with E-state index in [2.05, 4.69) is 0 Å². The van der Waals surface area contributed by atoms with Gasteiger partial charge in [-0.3, -0.25) is 4.79 Å². The number of hydrogen-bond acceptors (Lipinski definition) is 4. The molecule has 1 aromatic carbocycles. The molecule has 0 aliphatic carbocycles. The van der Waals surface area contributed by atoms with Crippen LogP contribution in [0.5, 0.6) is 5.75 Å². The second kappa shape index (κ2) is 7.49. The third-order valence-electron chi connectivity index (χ3n) is 2.76. The molecule has 0 aliphatic heterocycles. The predicted octanol–water partition coefficient (Wildman–Crippen LogP) is 1.50. The predicted molar refractivity (Wildman–Crippen MR) is 73.4 cm³/mol. The summed E-state index contributed by atoms with van der Waals surface area (Å²) in [4.78, 5) is 24.7. The zero-order chi connectivity index (χ0) is 15.1. The highest BCUT2D eigenvalue weighted by Crippen LogP contribution is 2.18. The van der Waals surface area contributed by atoms with Crippen LogP contribution in [-0.4, -0.2) is 55.8 Å². The fourth-order valence-corrected chi connectivity index (χ4v) is 1.63. The van der Waals surface area contributed by atoms with Gasteiger partial charge in [-0.15, -0.1) is 0 Å². The minimum atomic E-state index is -1.10. The molecule has 0 saturated carbocycles. The quantitative estimate of drug-likeness (QED) is 0.766. The number of ether oxygens (including phenoxy) is 2. The number of likely N-dealkylation sites (N-methyl/N-ethyl adjacent to an activating group) is 1. The number of carboxylic acids is 1. The van der Waals surface area contributed by atoms with Gasteiger partial charge < -0.3 is 19.5 Å². The molecule has 20 heavy (non-hydrogen) atoms. The van der Waals surface area contributed by atoms with E-state index < -0.39 is 5.97 Å². The Kier molecular flexibility index (Phi) is 5.99. The number of rotatable bonds is 7. The molecule has 0 unspecified atom stereocenters. The molecule has 0 radical (unpaired) electrons. The number of carbonyl (C=O) groups is 2. The fraction of sp³-hybridized carbons (Fsp3) is 0.429. The van der Waals surface area contributed by atoms with E-state index in [9.17, 15) is 9.59 Å². The van der Waals surface area contributed by atoms with Crippen molar-refractivity contribution in [2.75, 3.05) is 33.9 Å². The first kappa shape index (κ1) is 16.0. The molecule has 1 rings (SSSR count). The van der Waals surface area contributed by atoms with Gasteiger partial charge in [0.1, 0.15) is 5.75 Å². The van der Waals surface area contributed by atoms with Gasteiger partial charge in [-0.1, -0.05) is 0 Å². The second-order valence-corrected chi connectivity index (χ2v) is 4.18. The van der Waals surface area contributed by atoms with E-state index in [0.717, 1.165) is 0 Å². The molecule has 6 heteroatoms. The summed E-state index contributed by atoms with van der Waals surface area (Å²) in [6.45, 7) is 3.34. The van der Waals surface area contributed by atoms with Crippen molar-refractivity contribution >= 4 is 11.9 Å². The van der Waals surface area contributed by atoms with Crippen LogP contribution in [0.25, 0.3) is 0 Å². The molecule has 0 atom stereocenters. The van der Waals surface area contributed by atoms with Crippen LogP contribution in [0, 0.1) is 0 Å². The van der Waals surface area contributed by atoms with Crippen molar-refractivity contribution in [1.29, 1.82) is 0 Å². The Labute approximate surface area is 117 Å². The van der Waals surface area contributed by atoms with E-state index in [1.165, 1.54) is 30.2 Å². The fourth-order valence-electron chi connectivity index (χ4n) is 1.63. The van der Waals surface area contributed by atoms with Gasteiger partial charge in [-0.2, -0.15) is 0 Å². The molecule has 0 aromatic heterocycles. The molecule has 0 fully saturated rings. The van der Waals surface area contributed by atoms with E-state index in [1.807, 2.05) is 6.92 Å². The summed E-state index contributed by atoms with van der Waals surface area (Å²) in [5, 5.41) is 9.02. The van der Waals surface area contributed by atoms with Gasteiger partial charge in [0.15, 0.2) is 0 Å². The normalized spacial score (nSPS) is 10.2. The van der Waals surface area contributed by atoms with Gasteiger partial charge in [-0.05, 0) is 25.1 Å². The highest BCUT2D eigenvalue weighted by Gasteiger charge is 2.16. The molecular formula is C14H19NO5. The number of hydrogen-bond donors (Lipinski definition) is 1. The Bertz CT molecular complexity index is 486. The van der Waals surface area contributed by atoms with Crippen LogP contribution in [0.1, 0.15) is 27.6 Å². The van der Waals surface area contributed by atoms with Crippen molar-refractivity contribution < 1.29 is 24.2 Å². The van der Waals surface area contributed by atoms with Crippen molar-refractivity contribution in [1.82, 2.24) is 4.90 Å².